The third-order valence-electron chi connectivity index (χ3n) is 3.92. The van der Waals surface area contributed by atoms with E-state index in [0.29, 0.717) is 16.2 Å². The molecule has 0 saturated carbocycles. The van der Waals surface area contributed by atoms with Crippen LogP contribution in [0.15, 0.2) is 24.3 Å². The Morgan fingerprint density at radius 3 is 2.70 bits per heavy atom. The lowest BCUT2D eigenvalue weighted by Crippen LogP contribution is -2.43. The number of benzene rings is 1. The van der Waals surface area contributed by atoms with Crippen molar-refractivity contribution in [3.8, 4) is 0 Å². The van der Waals surface area contributed by atoms with Gasteiger partial charge in [-0.1, -0.05) is 18.2 Å². The predicted molar refractivity (Wildman–Crippen MR) is 64.0 cm³/mol. The van der Waals surface area contributed by atoms with Gasteiger partial charge < -0.3 is 10.2 Å². The average molecular weight is 284 g/mol. The second kappa shape index (κ2) is 3.97. The van der Waals surface area contributed by atoms with Crippen LogP contribution in [-0.4, -0.2) is 36.0 Å². The fourth-order valence-corrected chi connectivity index (χ4v) is 2.94. The molecule has 1 N–H and O–H groups in total. The summed E-state index contributed by atoms with van der Waals surface area (Å²) in [6, 6.07) is 6.89. The number of nitrogens with zero attached hydrogens (tertiary/aromatic N) is 1. The lowest BCUT2D eigenvalue weighted by molar-refractivity contribution is -0.184. The molecule has 1 atom stereocenters. The summed E-state index contributed by atoms with van der Waals surface area (Å²) in [5.41, 5.74) is 0.235. The highest BCUT2D eigenvalue weighted by atomic mass is 19.4. The zero-order chi connectivity index (χ0) is 14.5. The number of rotatable bonds is 0. The molecule has 2 amide bonds. The van der Waals surface area contributed by atoms with Crippen LogP contribution in [0, 0.1) is 0 Å². The van der Waals surface area contributed by atoms with Crippen molar-refractivity contribution in [1.82, 2.24) is 4.90 Å². The Morgan fingerprint density at radius 1 is 1.30 bits per heavy atom. The number of carbonyl (C=O) groups is 2. The molecule has 4 nitrogen and oxygen atoms in total. The molecule has 0 aromatic heterocycles. The lowest BCUT2D eigenvalue weighted by Gasteiger charge is -2.23. The molecule has 2 heterocycles. The van der Waals surface area contributed by atoms with Crippen molar-refractivity contribution in [2.75, 3.05) is 18.4 Å². The summed E-state index contributed by atoms with van der Waals surface area (Å²) in [6.07, 6.45) is -4.70. The van der Waals surface area contributed by atoms with Crippen LogP contribution in [0.1, 0.15) is 12.0 Å². The maximum Gasteiger partial charge on any atom is 0.471 e. The maximum atomic E-state index is 12.5. The van der Waals surface area contributed by atoms with Crippen LogP contribution in [0.5, 0.6) is 0 Å². The van der Waals surface area contributed by atoms with Crippen LogP contribution < -0.4 is 5.32 Å². The summed E-state index contributed by atoms with van der Waals surface area (Å²) in [4.78, 5) is 24.1. The van der Waals surface area contributed by atoms with Crippen molar-refractivity contribution in [3.63, 3.8) is 0 Å². The van der Waals surface area contributed by atoms with Gasteiger partial charge in [-0.3, -0.25) is 9.59 Å². The van der Waals surface area contributed by atoms with Gasteiger partial charge in [0.05, 0.1) is 5.41 Å². The summed E-state index contributed by atoms with van der Waals surface area (Å²) in [5, 5.41) is 2.67. The third-order valence-corrected chi connectivity index (χ3v) is 3.92. The fraction of sp³-hybridized carbons (Fsp3) is 0.385. The van der Waals surface area contributed by atoms with Gasteiger partial charge in [0.15, 0.2) is 0 Å². The molecular weight excluding hydrogens is 273 g/mol. The molecule has 0 radical (unpaired) electrons. The van der Waals surface area contributed by atoms with E-state index in [9.17, 15) is 22.8 Å². The first-order valence-corrected chi connectivity index (χ1v) is 6.12. The maximum absolute atomic E-state index is 12.5. The van der Waals surface area contributed by atoms with E-state index in [0.717, 1.165) is 0 Å². The monoisotopic (exact) mass is 284 g/mol. The van der Waals surface area contributed by atoms with Crippen molar-refractivity contribution in [2.45, 2.75) is 18.0 Å². The van der Waals surface area contributed by atoms with Crippen LogP contribution in [0.2, 0.25) is 0 Å². The Balaban J connectivity index is 1.93. The van der Waals surface area contributed by atoms with Crippen molar-refractivity contribution < 1.29 is 22.8 Å². The van der Waals surface area contributed by atoms with Gasteiger partial charge in [-0.25, -0.2) is 0 Å². The highest BCUT2D eigenvalue weighted by molar-refractivity contribution is 6.07. The molecule has 1 spiro atoms. The quantitative estimate of drug-likeness (QED) is 0.788. The first-order chi connectivity index (χ1) is 9.34. The number of likely N-dealkylation sites (tertiary alicyclic amines) is 1. The van der Waals surface area contributed by atoms with Crippen LogP contribution in [0.3, 0.4) is 0 Å². The van der Waals surface area contributed by atoms with Crippen LogP contribution in [0.4, 0.5) is 18.9 Å². The van der Waals surface area contributed by atoms with E-state index < -0.39 is 17.5 Å². The number of carbonyl (C=O) groups excluding carboxylic acids is 2. The summed E-state index contributed by atoms with van der Waals surface area (Å²) >= 11 is 0. The highest BCUT2D eigenvalue weighted by Gasteiger charge is 2.55. The fourth-order valence-electron chi connectivity index (χ4n) is 2.94. The molecule has 1 unspecified atom stereocenters. The van der Waals surface area contributed by atoms with Crippen LogP contribution in [0.25, 0.3) is 0 Å². The summed E-state index contributed by atoms with van der Waals surface area (Å²) in [6.45, 7) is -0.297. The number of alkyl halides is 3. The van der Waals surface area contributed by atoms with Crippen LogP contribution in [-0.2, 0) is 15.0 Å². The molecule has 20 heavy (non-hydrogen) atoms. The molecule has 1 saturated heterocycles. The number of amides is 2. The topological polar surface area (TPSA) is 49.4 Å². The molecule has 0 aliphatic carbocycles. The van der Waals surface area contributed by atoms with Crippen molar-refractivity contribution in [3.05, 3.63) is 29.8 Å². The van der Waals surface area contributed by atoms with Crippen molar-refractivity contribution in [2.24, 2.45) is 0 Å². The minimum absolute atomic E-state index is 0.0693. The molecule has 7 heteroatoms. The van der Waals surface area contributed by atoms with Gasteiger partial charge in [0.25, 0.3) is 0 Å². The third kappa shape index (κ3) is 1.69. The standard InChI is InChI=1S/C13H11F3N2O2/c14-13(15,16)11(20)18-6-5-12(7-18)8-3-1-2-4-9(8)17-10(12)19/h1-4H,5-7H2,(H,17,19). The van der Waals surface area contributed by atoms with Gasteiger partial charge >= 0.3 is 12.1 Å². The molecule has 2 aliphatic heterocycles. The highest BCUT2D eigenvalue weighted by Crippen LogP contribution is 2.44. The van der Waals surface area contributed by atoms with Gasteiger partial charge in [-0.15, -0.1) is 0 Å². The SMILES string of the molecule is O=C(N1CCC2(C1)C(=O)Nc1ccccc12)C(F)(F)F. The zero-order valence-electron chi connectivity index (χ0n) is 10.3. The second-order valence-corrected chi connectivity index (χ2v) is 5.06. The van der Waals surface area contributed by atoms with Gasteiger partial charge in [0.1, 0.15) is 0 Å². The molecule has 3 rings (SSSR count). The van der Waals surface area contributed by atoms with E-state index in [2.05, 4.69) is 5.32 Å². The molecule has 1 fully saturated rings. The molecule has 2 aliphatic rings. The molecule has 0 bridgehead atoms. The van der Waals surface area contributed by atoms with Crippen molar-refractivity contribution in [1.29, 1.82) is 0 Å². The van der Waals surface area contributed by atoms with E-state index in [1.54, 1.807) is 24.3 Å². The van der Waals surface area contributed by atoms with E-state index in [-0.39, 0.29) is 25.4 Å². The molecular formula is C13H11F3N2O2. The first kappa shape index (κ1) is 13.0. The number of hydrogen-bond acceptors (Lipinski definition) is 2. The number of nitrogens with one attached hydrogen (secondary N) is 1. The number of para-hydroxylation sites is 1. The minimum Gasteiger partial charge on any atom is -0.333 e. The smallest absolute Gasteiger partial charge is 0.333 e. The Labute approximate surface area is 112 Å². The van der Waals surface area contributed by atoms with Gasteiger partial charge in [-0.2, -0.15) is 13.2 Å². The van der Waals surface area contributed by atoms with Gasteiger partial charge in [-0.05, 0) is 18.1 Å². The Kier molecular flexibility index (Phi) is 2.57. The Morgan fingerprint density at radius 2 is 2.00 bits per heavy atom. The number of halogens is 3. The lowest BCUT2D eigenvalue weighted by atomic mass is 9.81. The van der Waals surface area contributed by atoms with E-state index in [4.69, 9.17) is 0 Å². The Bertz CT molecular complexity index is 600. The van der Waals surface area contributed by atoms with Gasteiger partial charge in [0, 0.05) is 18.8 Å². The summed E-state index contributed by atoms with van der Waals surface area (Å²) in [7, 11) is 0. The molecule has 106 valence electrons. The second-order valence-electron chi connectivity index (χ2n) is 5.06. The number of anilines is 1. The molecule has 1 aromatic carbocycles. The van der Waals surface area contributed by atoms with Crippen molar-refractivity contribution >= 4 is 17.5 Å². The van der Waals surface area contributed by atoms with E-state index >= 15 is 0 Å². The zero-order valence-corrected chi connectivity index (χ0v) is 10.3. The predicted octanol–water partition coefficient (Wildman–Crippen LogP) is 1.67. The largest absolute Gasteiger partial charge is 0.471 e. The van der Waals surface area contributed by atoms with Crippen LogP contribution >= 0.6 is 0 Å². The Hall–Kier alpha value is -2.05. The normalized spacial score (nSPS) is 24.9. The molecule has 1 aromatic rings. The van der Waals surface area contributed by atoms with E-state index in [1.165, 1.54) is 0 Å². The van der Waals surface area contributed by atoms with E-state index in [1.807, 2.05) is 0 Å². The number of hydrogen-bond donors (Lipinski definition) is 1. The summed E-state index contributed by atoms with van der Waals surface area (Å²) in [5.74, 6) is -2.22. The number of fused-ring (bicyclic) bond motifs is 2. The summed E-state index contributed by atoms with van der Waals surface area (Å²) < 4.78 is 37.4. The average Bonchev–Trinajstić information content (AvgIpc) is 2.93. The first-order valence-electron chi connectivity index (χ1n) is 6.12. The minimum atomic E-state index is -4.90. The van der Waals surface area contributed by atoms with Gasteiger partial charge in [0.2, 0.25) is 5.91 Å².